The van der Waals surface area contributed by atoms with Crippen LogP contribution in [-0.4, -0.2) is 47.8 Å². The van der Waals surface area contributed by atoms with E-state index in [-0.39, 0.29) is 11.8 Å². The van der Waals surface area contributed by atoms with E-state index in [4.69, 9.17) is 0 Å². The number of nitrogens with zero attached hydrogens (tertiary/aromatic N) is 2. The van der Waals surface area contributed by atoms with Gasteiger partial charge in [-0.25, -0.2) is 0 Å². The number of rotatable bonds is 2. The number of hydrogen-bond donors (Lipinski definition) is 0. The Hall–Kier alpha value is -1.84. The molecule has 1 heterocycles. The predicted octanol–water partition coefficient (Wildman–Crippen LogP) is 2.70. The zero-order valence-corrected chi connectivity index (χ0v) is 14.1. The monoisotopic (exact) mass is 302 g/mol. The minimum atomic E-state index is 0.0980. The molecule has 1 fully saturated rings. The topological polar surface area (TPSA) is 40.6 Å². The van der Waals surface area contributed by atoms with E-state index in [1.54, 1.807) is 0 Å². The molecule has 0 radical (unpaired) electrons. The van der Waals surface area contributed by atoms with E-state index in [1.165, 1.54) is 5.56 Å². The van der Waals surface area contributed by atoms with E-state index >= 15 is 0 Å². The highest BCUT2D eigenvalue weighted by atomic mass is 16.2. The van der Waals surface area contributed by atoms with Crippen LogP contribution in [0.3, 0.4) is 0 Å². The van der Waals surface area contributed by atoms with Gasteiger partial charge in [0.05, 0.1) is 0 Å². The molecule has 4 heteroatoms. The van der Waals surface area contributed by atoms with Gasteiger partial charge in [-0.05, 0) is 38.3 Å². The van der Waals surface area contributed by atoms with Gasteiger partial charge < -0.3 is 9.80 Å². The second kappa shape index (κ2) is 6.95. The molecule has 120 valence electrons. The molecule has 1 saturated heterocycles. The van der Waals surface area contributed by atoms with Crippen LogP contribution in [0.15, 0.2) is 12.1 Å². The van der Waals surface area contributed by atoms with Crippen LogP contribution in [-0.2, 0) is 4.79 Å². The SMILES string of the molecule is CCC(=O)N1CCCN(C(=O)c2c(C)cc(C)cc2C)CC1. The van der Waals surface area contributed by atoms with Crippen LogP contribution in [0, 0.1) is 20.8 Å². The minimum absolute atomic E-state index is 0.0980. The number of aryl methyl sites for hydroxylation is 3. The first-order valence-corrected chi connectivity index (χ1v) is 8.09. The Bertz CT molecular complexity index is 557. The Morgan fingerprint density at radius 2 is 1.50 bits per heavy atom. The fourth-order valence-electron chi connectivity index (χ4n) is 3.27. The number of carbonyl (C=O) groups excluding carboxylic acids is 2. The van der Waals surface area contributed by atoms with Crippen LogP contribution in [0.5, 0.6) is 0 Å². The summed E-state index contributed by atoms with van der Waals surface area (Å²) in [5.74, 6) is 0.276. The second-order valence-corrected chi connectivity index (χ2v) is 6.15. The predicted molar refractivity (Wildman–Crippen MR) is 88.0 cm³/mol. The molecule has 1 aromatic carbocycles. The van der Waals surface area contributed by atoms with Crippen molar-refractivity contribution in [2.24, 2.45) is 0 Å². The summed E-state index contributed by atoms with van der Waals surface area (Å²) in [7, 11) is 0. The Morgan fingerprint density at radius 1 is 0.955 bits per heavy atom. The van der Waals surface area contributed by atoms with Gasteiger partial charge in [0.2, 0.25) is 5.91 Å². The van der Waals surface area contributed by atoms with E-state index in [1.807, 2.05) is 30.6 Å². The number of carbonyl (C=O) groups is 2. The van der Waals surface area contributed by atoms with Crippen LogP contribution in [0.1, 0.15) is 46.8 Å². The molecule has 0 spiro atoms. The van der Waals surface area contributed by atoms with E-state index in [0.29, 0.717) is 19.5 Å². The van der Waals surface area contributed by atoms with E-state index in [0.717, 1.165) is 36.2 Å². The molecule has 2 rings (SSSR count). The zero-order chi connectivity index (χ0) is 16.3. The van der Waals surface area contributed by atoms with E-state index < -0.39 is 0 Å². The van der Waals surface area contributed by atoms with E-state index in [2.05, 4.69) is 19.1 Å². The fraction of sp³-hybridized carbons (Fsp3) is 0.556. The molecule has 0 atom stereocenters. The first kappa shape index (κ1) is 16.5. The van der Waals surface area contributed by atoms with Gasteiger partial charge in [-0.15, -0.1) is 0 Å². The van der Waals surface area contributed by atoms with Crippen LogP contribution < -0.4 is 0 Å². The maximum absolute atomic E-state index is 12.9. The Balaban J connectivity index is 2.15. The van der Waals surface area contributed by atoms with Crippen molar-refractivity contribution < 1.29 is 9.59 Å². The normalized spacial score (nSPS) is 15.6. The molecular formula is C18H26N2O2. The number of benzene rings is 1. The van der Waals surface area contributed by atoms with Crippen molar-refractivity contribution in [1.82, 2.24) is 9.80 Å². The molecule has 0 N–H and O–H groups in total. The lowest BCUT2D eigenvalue weighted by Crippen LogP contribution is -2.37. The van der Waals surface area contributed by atoms with Crippen LogP contribution in [0.25, 0.3) is 0 Å². The summed E-state index contributed by atoms with van der Waals surface area (Å²) in [6, 6.07) is 4.12. The van der Waals surface area contributed by atoms with E-state index in [9.17, 15) is 9.59 Å². The molecule has 1 aliphatic heterocycles. The second-order valence-electron chi connectivity index (χ2n) is 6.15. The molecule has 0 aliphatic carbocycles. The lowest BCUT2D eigenvalue weighted by atomic mass is 9.98. The molecule has 22 heavy (non-hydrogen) atoms. The van der Waals surface area contributed by atoms with Crippen molar-refractivity contribution in [3.63, 3.8) is 0 Å². The van der Waals surface area contributed by atoms with Crippen molar-refractivity contribution in [2.45, 2.75) is 40.5 Å². The first-order chi connectivity index (χ1) is 10.4. The van der Waals surface area contributed by atoms with Crippen molar-refractivity contribution in [2.75, 3.05) is 26.2 Å². The molecule has 4 nitrogen and oxygen atoms in total. The fourth-order valence-corrected chi connectivity index (χ4v) is 3.27. The van der Waals surface area contributed by atoms with Crippen molar-refractivity contribution >= 4 is 11.8 Å². The smallest absolute Gasteiger partial charge is 0.254 e. The third-order valence-electron chi connectivity index (χ3n) is 4.33. The van der Waals surface area contributed by atoms with Crippen molar-refractivity contribution in [3.05, 3.63) is 34.4 Å². The van der Waals surface area contributed by atoms with Crippen LogP contribution in [0.2, 0.25) is 0 Å². The average molecular weight is 302 g/mol. The third-order valence-corrected chi connectivity index (χ3v) is 4.33. The summed E-state index contributed by atoms with van der Waals surface area (Å²) in [6.45, 7) is 10.7. The Morgan fingerprint density at radius 3 is 2.09 bits per heavy atom. The van der Waals surface area contributed by atoms with Gasteiger partial charge in [0.1, 0.15) is 0 Å². The van der Waals surface area contributed by atoms with Gasteiger partial charge in [-0.1, -0.05) is 24.6 Å². The van der Waals surface area contributed by atoms with Crippen molar-refractivity contribution in [1.29, 1.82) is 0 Å². The molecule has 0 aromatic heterocycles. The summed E-state index contributed by atoms with van der Waals surface area (Å²) < 4.78 is 0. The Labute approximate surface area is 133 Å². The van der Waals surface area contributed by atoms with Crippen LogP contribution >= 0.6 is 0 Å². The number of amides is 2. The quantitative estimate of drug-likeness (QED) is 0.843. The summed E-state index contributed by atoms with van der Waals surface area (Å²) in [5, 5.41) is 0. The first-order valence-electron chi connectivity index (χ1n) is 8.09. The molecule has 2 amide bonds. The molecule has 0 bridgehead atoms. The summed E-state index contributed by atoms with van der Waals surface area (Å²) >= 11 is 0. The summed E-state index contributed by atoms with van der Waals surface area (Å²) in [4.78, 5) is 28.5. The largest absolute Gasteiger partial charge is 0.341 e. The summed E-state index contributed by atoms with van der Waals surface area (Å²) in [6.07, 6.45) is 1.38. The highest BCUT2D eigenvalue weighted by Gasteiger charge is 2.24. The van der Waals surface area contributed by atoms with Gasteiger partial charge >= 0.3 is 0 Å². The lowest BCUT2D eigenvalue weighted by molar-refractivity contribution is -0.130. The van der Waals surface area contributed by atoms with Gasteiger partial charge in [0, 0.05) is 38.2 Å². The molecule has 0 unspecified atom stereocenters. The maximum Gasteiger partial charge on any atom is 0.254 e. The van der Waals surface area contributed by atoms with Gasteiger partial charge in [-0.3, -0.25) is 9.59 Å². The highest BCUT2D eigenvalue weighted by molar-refractivity contribution is 5.97. The van der Waals surface area contributed by atoms with Crippen LogP contribution in [0.4, 0.5) is 0 Å². The molecule has 1 aromatic rings. The van der Waals surface area contributed by atoms with Gasteiger partial charge in [0.25, 0.3) is 5.91 Å². The lowest BCUT2D eigenvalue weighted by Gasteiger charge is -2.23. The molecule has 1 aliphatic rings. The highest BCUT2D eigenvalue weighted by Crippen LogP contribution is 2.19. The molecule has 0 saturated carbocycles. The standard InChI is InChI=1S/C18H26N2O2/c1-5-16(21)19-7-6-8-20(10-9-19)18(22)17-14(3)11-13(2)12-15(17)4/h11-12H,5-10H2,1-4H3. The van der Waals surface area contributed by atoms with Crippen molar-refractivity contribution in [3.8, 4) is 0 Å². The third kappa shape index (κ3) is 3.49. The van der Waals surface area contributed by atoms with Gasteiger partial charge in [0.15, 0.2) is 0 Å². The number of hydrogen-bond acceptors (Lipinski definition) is 2. The Kier molecular flexibility index (Phi) is 5.22. The maximum atomic E-state index is 12.9. The van der Waals surface area contributed by atoms with Gasteiger partial charge in [-0.2, -0.15) is 0 Å². The molecular weight excluding hydrogens is 276 g/mol. The summed E-state index contributed by atoms with van der Waals surface area (Å²) in [5.41, 5.74) is 4.07. The average Bonchev–Trinajstić information content (AvgIpc) is 2.71. The zero-order valence-electron chi connectivity index (χ0n) is 14.1. The minimum Gasteiger partial charge on any atom is -0.341 e.